The van der Waals surface area contributed by atoms with Crippen molar-refractivity contribution >= 4 is 34.3 Å². The zero-order valence-electron chi connectivity index (χ0n) is 30.4. The third kappa shape index (κ3) is 6.77. The maximum absolute atomic E-state index is 13.6. The van der Waals surface area contributed by atoms with Gasteiger partial charge in [-0.1, -0.05) is 12.1 Å². The van der Waals surface area contributed by atoms with Crippen molar-refractivity contribution in [3.05, 3.63) is 70.3 Å². The topological polar surface area (TPSA) is 154 Å². The summed E-state index contributed by atoms with van der Waals surface area (Å²) in [6, 6.07) is 12.3. The van der Waals surface area contributed by atoms with Crippen LogP contribution in [0.3, 0.4) is 0 Å². The van der Waals surface area contributed by atoms with Gasteiger partial charge in [-0.2, -0.15) is 5.10 Å². The van der Waals surface area contributed by atoms with Crippen molar-refractivity contribution in [1.29, 1.82) is 0 Å². The van der Waals surface area contributed by atoms with E-state index in [2.05, 4.69) is 47.7 Å². The second kappa shape index (κ2) is 14.3. The number of piperidine rings is 2. The van der Waals surface area contributed by atoms with E-state index in [9.17, 15) is 19.2 Å². The molecule has 2 bridgehead atoms. The third-order valence-corrected chi connectivity index (χ3v) is 11.6. The molecule has 2 aromatic carbocycles. The Labute approximate surface area is 307 Å². The summed E-state index contributed by atoms with van der Waals surface area (Å²) in [5, 5.41) is 13.3. The number of aryl methyl sites for hydroxylation is 1. The number of piperazine rings is 1. The number of carbonyl (C=O) groups excluding carboxylic acids is 3. The van der Waals surface area contributed by atoms with E-state index in [0.717, 1.165) is 73.2 Å². The van der Waals surface area contributed by atoms with Crippen LogP contribution in [0.5, 0.6) is 11.5 Å². The van der Waals surface area contributed by atoms with Gasteiger partial charge in [0.2, 0.25) is 17.7 Å². The second-order valence-corrected chi connectivity index (χ2v) is 14.8. The Morgan fingerprint density at radius 2 is 1.72 bits per heavy atom. The number of aromatic nitrogens is 3. The number of pyridine rings is 1. The average molecular weight is 723 g/mol. The number of aromatic amines is 1. The van der Waals surface area contributed by atoms with Crippen molar-refractivity contribution in [2.75, 3.05) is 52.3 Å². The maximum Gasteiger partial charge on any atom is 0.276 e. The normalized spacial score (nSPS) is 22.4. The highest BCUT2D eigenvalue weighted by molar-refractivity contribution is 6.01. The molecule has 278 valence electrons. The van der Waals surface area contributed by atoms with E-state index in [4.69, 9.17) is 9.47 Å². The van der Waals surface area contributed by atoms with Crippen LogP contribution in [0, 0.1) is 0 Å². The van der Waals surface area contributed by atoms with Gasteiger partial charge >= 0.3 is 0 Å². The molecule has 14 heteroatoms. The number of methoxy groups -OCH3 is 2. The number of hydrogen-bond acceptors (Lipinski definition) is 10. The number of H-pyrrole nitrogens is 1. The van der Waals surface area contributed by atoms with Crippen LogP contribution in [-0.2, 0) is 28.0 Å². The molecule has 53 heavy (non-hydrogen) atoms. The minimum atomic E-state index is -0.395. The summed E-state index contributed by atoms with van der Waals surface area (Å²) in [7, 11) is 5.05. The maximum atomic E-state index is 13.6. The fourth-order valence-electron chi connectivity index (χ4n) is 8.72. The summed E-state index contributed by atoms with van der Waals surface area (Å²) < 4.78 is 13.4. The van der Waals surface area contributed by atoms with E-state index in [1.165, 1.54) is 5.56 Å². The van der Waals surface area contributed by atoms with Gasteiger partial charge in [0.1, 0.15) is 23.1 Å². The van der Waals surface area contributed by atoms with Crippen molar-refractivity contribution in [1.82, 2.24) is 34.8 Å². The second-order valence-electron chi connectivity index (χ2n) is 14.8. The van der Waals surface area contributed by atoms with Crippen molar-refractivity contribution in [2.24, 2.45) is 7.05 Å². The highest BCUT2D eigenvalue weighted by Gasteiger charge is 2.45. The summed E-state index contributed by atoms with van der Waals surface area (Å²) in [4.78, 5) is 56.6. The van der Waals surface area contributed by atoms with Gasteiger partial charge in [-0.3, -0.25) is 39.4 Å². The summed E-state index contributed by atoms with van der Waals surface area (Å²) in [6.45, 7) is 4.37. The number of likely N-dealkylation sites (tertiary alicyclic amines) is 3. The molecule has 1 unspecified atom stereocenters. The molecule has 3 atom stereocenters. The minimum absolute atomic E-state index is 0.139. The predicted octanol–water partition coefficient (Wildman–Crippen LogP) is 2.83. The van der Waals surface area contributed by atoms with Gasteiger partial charge in [-0.05, 0) is 80.1 Å². The highest BCUT2D eigenvalue weighted by Crippen LogP contribution is 2.40. The number of nitrogens with zero attached hydrogens (tertiary/aromatic N) is 5. The van der Waals surface area contributed by atoms with Gasteiger partial charge in [-0.25, -0.2) is 0 Å². The largest absolute Gasteiger partial charge is 0.496 e. The van der Waals surface area contributed by atoms with E-state index in [-0.39, 0.29) is 35.4 Å². The number of nitrogens with one attached hydrogen (secondary N) is 3. The van der Waals surface area contributed by atoms with Gasteiger partial charge in [-0.15, -0.1) is 0 Å². The lowest BCUT2D eigenvalue weighted by molar-refractivity contribution is -0.135. The van der Waals surface area contributed by atoms with Crippen LogP contribution in [0.15, 0.2) is 53.6 Å². The number of fused-ring (bicyclic) bond motifs is 3. The molecular weight excluding hydrogens is 676 g/mol. The molecule has 2 aromatic heterocycles. The number of rotatable bonds is 10. The molecule has 8 rings (SSSR count). The van der Waals surface area contributed by atoms with Gasteiger partial charge in [0, 0.05) is 68.0 Å². The van der Waals surface area contributed by atoms with Crippen LogP contribution >= 0.6 is 0 Å². The third-order valence-electron chi connectivity index (χ3n) is 11.6. The molecular formula is C39H46N8O6. The number of carbonyl (C=O) groups is 3. The highest BCUT2D eigenvalue weighted by atomic mass is 16.5. The van der Waals surface area contributed by atoms with Crippen molar-refractivity contribution in [2.45, 2.75) is 62.7 Å². The minimum Gasteiger partial charge on any atom is -0.496 e. The van der Waals surface area contributed by atoms with E-state index < -0.39 is 6.04 Å². The molecule has 6 heterocycles. The van der Waals surface area contributed by atoms with Gasteiger partial charge in [0.05, 0.1) is 32.5 Å². The summed E-state index contributed by atoms with van der Waals surface area (Å²) in [5.74, 6) is 1.57. The first kappa shape index (κ1) is 34.9. The Bertz CT molecular complexity index is 2080. The van der Waals surface area contributed by atoms with Gasteiger partial charge in [0.25, 0.3) is 5.56 Å². The Morgan fingerprint density at radius 1 is 0.981 bits per heavy atom. The number of benzene rings is 2. The lowest BCUT2D eigenvalue weighted by Crippen LogP contribution is -2.51. The molecule has 4 aliphatic rings. The molecule has 0 aliphatic carbocycles. The molecule has 0 saturated carbocycles. The number of anilines is 1. The Morgan fingerprint density at radius 3 is 2.38 bits per heavy atom. The van der Waals surface area contributed by atoms with E-state index in [1.54, 1.807) is 32.0 Å². The number of amides is 3. The van der Waals surface area contributed by atoms with Crippen molar-refractivity contribution in [3.8, 4) is 22.6 Å². The summed E-state index contributed by atoms with van der Waals surface area (Å²) in [5.41, 5.74) is 5.13. The van der Waals surface area contributed by atoms with E-state index in [0.29, 0.717) is 48.9 Å². The zero-order chi connectivity index (χ0) is 36.8. The van der Waals surface area contributed by atoms with Crippen LogP contribution in [0.1, 0.15) is 49.1 Å². The summed E-state index contributed by atoms with van der Waals surface area (Å²) in [6.07, 6.45) is 7.27. The molecule has 4 aliphatic heterocycles. The smallest absolute Gasteiger partial charge is 0.276 e. The van der Waals surface area contributed by atoms with Gasteiger partial charge in [0.15, 0.2) is 0 Å². The first-order chi connectivity index (χ1) is 25.7. The van der Waals surface area contributed by atoms with Crippen molar-refractivity contribution in [3.63, 3.8) is 0 Å². The SMILES string of the molecule is COc1cc(-c2cn(C)c(=O)c3[nH]ncc23)cc(OC)c1CN1C[C@H]2C[C@@H]1CN2C(=O)CN1CCC(c2ccc(NC3CCC(=O)NC3=O)cc2)CC1. The summed E-state index contributed by atoms with van der Waals surface area (Å²) >= 11 is 0. The molecule has 0 radical (unpaired) electrons. The van der Waals surface area contributed by atoms with E-state index >= 15 is 0 Å². The van der Waals surface area contributed by atoms with Crippen molar-refractivity contribution < 1.29 is 23.9 Å². The molecule has 3 N–H and O–H groups in total. The standard InChI is InChI=1S/C39H46N8O6/c1-44-20-30(29-17-40-43-37(29)39(44)51)25-14-33(52-2)31(34(15-25)53-3)21-46-18-28-16-27(46)19-47(28)36(49)22-45-12-10-24(11-13-45)23-4-6-26(7-5-23)41-32-8-9-35(48)42-38(32)50/h4-7,14-15,17,20,24,27-28,32,41H,8-13,16,18-19,21-22H2,1-3H3,(H,40,43)(H,42,48,50)/t27-,28-,32?/m1/s1. The fraction of sp³-hybridized carbons (Fsp3) is 0.462. The predicted molar refractivity (Wildman–Crippen MR) is 199 cm³/mol. The average Bonchev–Trinajstić information content (AvgIpc) is 3.92. The van der Waals surface area contributed by atoms with Crippen LogP contribution in [0.2, 0.25) is 0 Å². The molecule has 14 nitrogen and oxygen atoms in total. The first-order valence-electron chi connectivity index (χ1n) is 18.4. The lowest BCUT2D eigenvalue weighted by Gasteiger charge is -2.37. The quantitative estimate of drug-likeness (QED) is 0.208. The molecule has 3 amide bonds. The van der Waals surface area contributed by atoms with Crippen LogP contribution in [-0.4, -0.2) is 112 Å². The number of imide groups is 1. The van der Waals surface area contributed by atoms with Crippen LogP contribution in [0.4, 0.5) is 5.69 Å². The molecule has 4 fully saturated rings. The fourth-order valence-corrected chi connectivity index (χ4v) is 8.72. The van der Waals surface area contributed by atoms with Crippen LogP contribution < -0.4 is 25.7 Å². The Kier molecular flexibility index (Phi) is 9.41. The molecule has 0 spiro atoms. The van der Waals surface area contributed by atoms with Gasteiger partial charge < -0.3 is 24.3 Å². The zero-order valence-corrected chi connectivity index (χ0v) is 30.4. The Balaban J connectivity index is 0.850. The lowest BCUT2D eigenvalue weighted by atomic mass is 9.89. The monoisotopic (exact) mass is 722 g/mol. The van der Waals surface area contributed by atoms with Crippen LogP contribution in [0.25, 0.3) is 22.0 Å². The number of ether oxygens (including phenoxy) is 2. The first-order valence-corrected chi connectivity index (χ1v) is 18.4. The molecule has 4 aromatic rings. The molecule has 4 saturated heterocycles. The number of hydrogen-bond donors (Lipinski definition) is 3. The van der Waals surface area contributed by atoms with E-state index in [1.807, 2.05) is 30.5 Å². The Hall–Kier alpha value is -5.21.